The summed E-state index contributed by atoms with van der Waals surface area (Å²) in [6.45, 7) is 9.23. The van der Waals surface area contributed by atoms with Gasteiger partial charge in [-0.25, -0.2) is 4.98 Å². The normalized spacial score (nSPS) is 12.8. The van der Waals surface area contributed by atoms with E-state index in [2.05, 4.69) is 30.2 Å². The third-order valence-corrected chi connectivity index (χ3v) is 2.42. The Hall–Kier alpha value is -1.09. The van der Waals surface area contributed by atoms with Crippen molar-refractivity contribution in [3.8, 4) is 5.88 Å². The van der Waals surface area contributed by atoms with Crippen molar-refractivity contribution in [2.45, 2.75) is 52.8 Å². The van der Waals surface area contributed by atoms with E-state index >= 15 is 0 Å². The van der Waals surface area contributed by atoms with E-state index in [-0.39, 0.29) is 6.10 Å². The Labute approximate surface area is 98.2 Å². The van der Waals surface area contributed by atoms with Crippen LogP contribution in [-0.2, 0) is 6.54 Å². The molecule has 1 aromatic heterocycles. The van der Waals surface area contributed by atoms with Crippen LogP contribution in [0.4, 0.5) is 0 Å². The van der Waals surface area contributed by atoms with E-state index in [1.807, 2.05) is 26.1 Å². The molecule has 0 radical (unpaired) electrons. The maximum absolute atomic E-state index is 5.48. The molecule has 0 aliphatic rings. The van der Waals surface area contributed by atoms with Crippen LogP contribution in [0.25, 0.3) is 0 Å². The van der Waals surface area contributed by atoms with Gasteiger partial charge in [0.25, 0.3) is 0 Å². The van der Waals surface area contributed by atoms with Gasteiger partial charge in [-0.05, 0) is 32.8 Å². The molecule has 0 aromatic carbocycles. The van der Waals surface area contributed by atoms with Crippen LogP contribution in [0.5, 0.6) is 5.88 Å². The van der Waals surface area contributed by atoms with Crippen LogP contribution in [0.3, 0.4) is 0 Å². The molecule has 3 nitrogen and oxygen atoms in total. The van der Waals surface area contributed by atoms with E-state index in [1.54, 1.807) is 0 Å². The molecule has 1 heterocycles. The largest absolute Gasteiger partial charge is 0.475 e. The van der Waals surface area contributed by atoms with Crippen molar-refractivity contribution in [3.63, 3.8) is 0 Å². The zero-order valence-corrected chi connectivity index (χ0v) is 10.7. The average molecular weight is 222 g/mol. The lowest BCUT2D eigenvalue weighted by Crippen LogP contribution is -2.24. The van der Waals surface area contributed by atoms with Crippen LogP contribution < -0.4 is 10.1 Å². The van der Waals surface area contributed by atoms with Crippen LogP contribution in [-0.4, -0.2) is 17.1 Å². The average Bonchev–Trinajstić information content (AvgIpc) is 2.27. The molecule has 16 heavy (non-hydrogen) atoms. The summed E-state index contributed by atoms with van der Waals surface area (Å²) >= 11 is 0. The van der Waals surface area contributed by atoms with E-state index in [4.69, 9.17) is 4.74 Å². The second-order valence-electron chi connectivity index (χ2n) is 4.36. The van der Waals surface area contributed by atoms with E-state index in [9.17, 15) is 0 Å². The first-order chi connectivity index (χ1) is 7.61. The zero-order chi connectivity index (χ0) is 12.0. The highest BCUT2D eigenvalue weighted by Crippen LogP contribution is 2.09. The van der Waals surface area contributed by atoms with Crippen LogP contribution in [0.1, 0.15) is 39.7 Å². The van der Waals surface area contributed by atoms with Crippen molar-refractivity contribution in [2.24, 2.45) is 0 Å². The van der Waals surface area contributed by atoms with Crippen molar-refractivity contribution in [3.05, 3.63) is 23.9 Å². The van der Waals surface area contributed by atoms with Crippen molar-refractivity contribution < 1.29 is 4.74 Å². The molecule has 1 aromatic rings. The molecular formula is C13H22N2O. The molecule has 1 rings (SSSR count). The van der Waals surface area contributed by atoms with Gasteiger partial charge in [-0.2, -0.15) is 0 Å². The number of nitrogens with one attached hydrogen (secondary N) is 1. The van der Waals surface area contributed by atoms with Gasteiger partial charge in [0.2, 0.25) is 5.88 Å². The first-order valence-electron chi connectivity index (χ1n) is 5.96. The monoisotopic (exact) mass is 222 g/mol. The molecule has 0 spiro atoms. The number of aromatic nitrogens is 1. The smallest absolute Gasteiger partial charge is 0.213 e. The van der Waals surface area contributed by atoms with Gasteiger partial charge in [0.15, 0.2) is 0 Å². The number of rotatable bonds is 6. The summed E-state index contributed by atoms with van der Waals surface area (Å²) in [4.78, 5) is 4.26. The van der Waals surface area contributed by atoms with Gasteiger partial charge >= 0.3 is 0 Å². The summed E-state index contributed by atoms with van der Waals surface area (Å²) in [5.41, 5.74) is 1.19. The first-order valence-corrected chi connectivity index (χ1v) is 5.96. The fourth-order valence-electron chi connectivity index (χ4n) is 1.26. The zero-order valence-electron chi connectivity index (χ0n) is 10.7. The highest BCUT2D eigenvalue weighted by molar-refractivity contribution is 5.17. The maximum Gasteiger partial charge on any atom is 0.213 e. The molecular weight excluding hydrogens is 200 g/mol. The Morgan fingerprint density at radius 1 is 1.31 bits per heavy atom. The number of hydrogen-bond acceptors (Lipinski definition) is 3. The van der Waals surface area contributed by atoms with Crippen LogP contribution in [0.2, 0.25) is 0 Å². The van der Waals surface area contributed by atoms with Crippen LogP contribution >= 0.6 is 0 Å². The summed E-state index contributed by atoms with van der Waals surface area (Å²) < 4.78 is 5.48. The van der Waals surface area contributed by atoms with Crippen molar-refractivity contribution >= 4 is 0 Å². The van der Waals surface area contributed by atoms with Gasteiger partial charge in [0, 0.05) is 24.8 Å². The fourth-order valence-corrected chi connectivity index (χ4v) is 1.26. The second kappa shape index (κ2) is 6.48. The highest BCUT2D eigenvalue weighted by atomic mass is 16.5. The fraction of sp³-hybridized carbons (Fsp3) is 0.615. The van der Waals surface area contributed by atoms with Crippen molar-refractivity contribution in [2.75, 3.05) is 0 Å². The van der Waals surface area contributed by atoms with Gasteiger partial charge in [0.05, 0.1) is 6.10 Å². The molecule has 0 saturated heterocycles. The summed E-state index contributed by atoms with van der Waals surface area (Å²) in [6.07, 6.45) is 3.19. The number of pyridine rings is 1. The third-order valence-electron chi connectivity index (χ3n) is 2.42. The predicted octanol–water partition coefficient (Wildman–Crippen LogP) is 2.76. The molecule has 0 aliphatic heterocycles. The molecule has 0 fully saturated rings. The highest BCUT2D eigenvalue weighted by Gasteiger charge is 2.01. The summed E-state index contributed by atoms with van der Waals surface area (Å²) in [6, 6.07) is 4.53. The molecule has 0 aliphatic carbocycles. The third kappa shape index (κ3) is 4.62. The predicted molar refractivity (Wildman–Crippen MR) is 66.6 cm³/mol. The Kier molecular flexibility index (Phi) is 5.26. The van der Waals surface area contributed by atoms with Crippen molar-refractivity contribution in [1.29, 1.82) is 0 Å². The second-order valence-corrected chi connectivity index (χ2v) is 4.36. The number of nitrogens with zero attached hydrogens (tertiary/aromatic N) is 1. The SMILES string of the molecule is CCC(C)NCc1ccc(OC(C)C)nc1. The van der Waals surface area contributed by atoms with E-state index in [0.717, 1.165) is 13.0 Å². The Morgan fingerprint density at radius 2 is 2.06 bits per heavy atom. The lowest BCUT2D eigenvalue weighted by atomic mass is 10.2. The lowest BCUT2D eigenvalue weighted by Gasteiger charge is -2.12. The molecule has 3 heteroatoms. The van der Waals surface area contributed by atoms with Gasteiger partial charge in [-0.15, -0.1) is 0 Å². The van der Waals surface area contributed by atoms with E-state index < -0.39 is 0 Å². The molecule has 0 amide bonds. The van der Waals surface area contributed by atoms with Crippen LogP contribution in [0, 0.1) is 0 Å². The minimum atomic E-state index is 0.177. The summed E-state index contributed by atoms with van der Waals surface area (Å²) in [7, 11) is 0. The number of hydrogen-bond donors (Lipinski definition) is 1. The molecule has 1 unspecified atom stereocenters. The van der Waals surface area contributed by atoms with E-state index in [0.29, 0.717) is 11.9 Å². The minimum Gasteiger partial charge on any atom is -0.475 e. The molecule has 0 saturated carbocycles. The van der Waals surface area contributed by atoms with Gasteiger partial charge in [-0.1, -0.05) is 13.0 Å². The summed E-state index contributed by atoms with van der Waals surface area (Å²) in [5.74, 6) is 0.697. The van der Waals surface area contributed by atoms with Crippen molar-refractivity contribution in [1.82, 2.24) is 10.3 Å². The lowest BCUT2D eigenvalue weighted by molar-refractivity contribution is 0.232. The summed E-state index contributed by atoms with van der Waals surface area (Å²) in [5, 5.41) is 3.43. The Morgan fingerprint density at radius 3 is 2.56 bits per heavy atom. The molecule has 1 N–H and O–H groups in total. The quantitative estimate of drug-likeness (QED) is 0.803. The molecule has 0 bridgehead atoms. The maximum atomic E-state index is 5.48. The van der Waals surface area contributed by atoms with Gasteiger partial charge in [-0.3, -0.25) is 0 Å². The topological polar surface area (TPSA) is 34.1 Å². The standard InChI is InChI=1S/C13H22N2O/c1-5-11(4)14-8-12-6-7-13(15-9-12)16-10(2)3/h6-7,9-11,14H,5,8H2,1-4H3. The van der Waals surface area contributed by atoms with Gasteiger partial charge in [0.1, 0.15) is 0 Å². The minimum absolute atomic E-state index is 0.177. The molecule has 1 atom stereocenters. The van der Waals surface area contributed by atoms with Crippen LogP contribution in [0.15, 0.2) is 18.3 Å². The van der Waals surface area contributed by atoms with Gasteiger partial charge < -0.3 is 10.1 Å². The first kappa shape index (κ1) is 13.0. The Bertz CT molecular complexity index is 295. The number of ether oxygens (including phenoxy) is 1. The molecule has 90 valence electrons. The Balaban J connectivity index is 2.45. The van der Waals surface area contributed by atoms with E-state index in [1.165, 1.54) is 5.56 Å².